The van der Waals surface area contributed by atoms with Crippen LogP contribution in [0.3, 0.4) is 0 Å². The molecule has 1 aliphatic heterocycles. The molecule has 1 aliphatic rings. The third-order valence-corrected chi connectivity index (χ3v) is 4.97. The summed E-state index contributed by atoms with van der Waals surface area (Å²) in [5.41, 5.74) is 1.87. The zero-order valence-corrected chi connectivity index (χ0v) is 15.9. The minimum atomic E-state index is -0.212. The van der Waals surface area contributed by atoms with Crippen molar-refractivity contribution in [1.29, 1.82) is 5.26 Å². The Morgan fingerprint density at radius 1 is 1.26 bits per heavy atom. The Bertz CT molecular complexity index is 895. The Balaban J connectivity index is 1.81. The fourth-order valence-electron chi connectivity index (χ4n) is 3.31. The summed E-state index contributed by atoms with van der Waals surface area (Å²) >= 11 is 6.05. The van der Waals surface area contributed by atoms with Crippen LogP contribution in [0, 0.1) is 11.3 Å². The minimum absolute atomic E-state index is 0.0836. The number of hydrogen-bond acceptors (Lipinski definition) is 4. The molecule has 140 valence electrons. The van der Waals surface area contributed by atoms with Gasteiger partial charge >= 0.3 is 6.03 Å². The summed E-state index contributed by atoms with van der Waals surface area (Å²) in [7, 11) is 3.21. The van der Waals surface area contributed by atoms with Gasteiger partial charge in [0.2, 0.25) is 0 Å². The second-order valence-corrected chi connectivity index (χ2v) is 6.60. The molecule has 2 amide bonds. The van der Waals surface area contributed by atoms with Gasteiger partial charge in [-0.1, -0.05) is 11.6 Å². The molecule has 1 heterocycles. The van der Waals surface area contributed by atoms with Crippen LogP contribution in [0.5, 0.6) is 11.5 Å². The number of likely N-dealkylation sites (tertiary alicyclic amines) is 1. The fourth-order valence-corrected chi connectivity index (χ4v) is 3.53. The largest absolute Gasteiger partial charge is 0.497 e. The van der Waals surface area contributed by atoms with E-state index in [4.69, 9.17) is 26.3 Å². The average molecular weight is 386 g/mol. The van der Waals surface area contributed by atoms with Crippen LogP contribution < -0.4 is 14.8 Å². The Morgan fingerprint density at radius 3 is 2.74 bits per heavy atom. The Labute approximate surface area is 163 Å². The van der Waals surface area contributed by atoms with Gasteiger partial charge in [0.05, 0.1) is 30.8 Å². The highest BCUT2D eigenvalue weighted by Crippen LogP contribution is 2.39. The lowest BCUT2D eigenvalue weighted by Crippen LogP contribution is -2.34. The molecule has 0 bridgehead atoms. The van der Waals surface area contributed by atoms with E-state index in [9.17, 15) is 4.79 Å². The summed E-state index contributed by atoms with van der Waals surface area (Å²) in [6.07, 6.45) is 1.76. The van der Waals surface area contributed by atoms with Crippen LogP contribution in [-0.2, 0) is 0 Å². The number of carbonyl (C=O) groups excluding carboxylic acids is 1. The molecule has 1 fully saturated rings. The standard InChI is InChI=1S/C20H20ClN3O3/c1-26-15-7-8-16(19(11-15)27-2)18-4-3-9-24(18)20(25)23-14-6-5-13(12-22)17(21)10-14/h5-8,10-11,18H,3-4,9H2,1-2H3,(H,23,25). The molecule has 3 rings (SSSR count). The van der Waals surface area contributed by atoms with E-state index >= 15 is 0 Å². The van der Waals surface area contributed by atoms with Gasteiger partial charge in [-0.05, 0) is 43.2 Å². The van der Waals surface area contributed by atoms with Gasteiger partial charge in [0.1, 0.15) is 17.6 Å². The molecule has 1 atom stereocenters. The van der Waals surface area contributed by atoms with Gasteiger partial charge in [0, 0.05) is 23.9 Å². The number of halogens is 1. The molecule has 1 unspecified atom stereocenters. The van der Waals surface area contributed by atoms with Gasteiger partial charge in [-0.15, -0.1) is 0 Å². The molecule has 0 aliphatic carbocycles. The smallest absolute Gasteiger partial charge is 0.322 e. The van der Waals surface area contributed by atoms with Crippen molar-refractivity contribution in [3.63, 3.8) is 0 Å². The van der Waals surface area contributed by atoms with E-state index in [0.717, 1.165) is 18.4 Å². The van der Waals surface area contributed by atoms with E-state index in [1.807, 2.05) is 24.3 Å². The summed E-state index contributed by atoms with van der Waals surface area (Å²) in [6, 6.07) is 12.2. The molecule has 0 spiro atoms. The first-order valence-electron chi connectivity index (χ1n) is 8.56. The number of benzene rings is 2. The monoisotopic (exact) mass is 385 g/mol. The number of carbonyl (C=O) groups is 1. The lowest BCUT2D eigenvalue weighted by Gasteiger charge is -2.26. The van der Waals surface area contributed by atoms with Crippen molar-refractivity contribution < 1.29 is 14.3 Å². The maximum atomic E-state index is 12.8. The topological polar surface area (TPSA) is 74.6 Å². The first kappa shape index (κ1) is 18.9. The third-order valence-electron chi connectivity index (χ3n) is 4.65. The van der Waals surface area contributed by atoms with Crippen LogP contribution in [0.1, 0.15) is 30.0 Å². The molecule has 2 aromatic carbocycles. The van der Waals surface area contributed by atoms with E-state index in [1.165, 1.54) is 0 Å². The van der Waals surface area contributed by atoms with Crippen LogP contribution in [0.15, 0.2) is 36.4 Å². The maximum absolute atomic E-state index is 12.8. The zero-order chi connectivity index (χ0) is 19.4. The Morgan fingerprint density at radius 2 is 2.07 bits per heavy atom. The molecule has 6 nitrogen and oxygen atoms in total. The molecule has 2 aromatic rings. The second kappa shape index (κ2) is 8.19. The SMILES string of the molecule is COc1ccc(C2CCCN2C(=O)Nc2ccc(C#N)c(Cl)c2)c(OC)c1. The average Bonchev–Trinajstić information content (AvgIpc) is 3.17. The molecule has 27 heavy (non-hydrogen) atoms. The third kappa shape index (κ3) is 3.93. The summed E-state index contributed by atoms with van der Waals surface area (Å²) < 4.78 is 10.8. The quantitative estimate of drug-likeness (QED) is 0.834. The van der Waals surface area contributed by atoms with Crippen molar-refractivity contribution >= 4 is 23.3 Å². The summed E-state index contributed by atoms with van der Waals surface area (Å²) in [6.45, 7) is 0.649. The lowest BCUT2D eigenvalue weighted by molar-refractivity contribution is 0.206. The molecular formula is C20H20ClN3O3. The minimum Gasteiger partial charge on any atom is -0.497 e. The van der Waals surface area contributed by atoms with Gasteiger partial charge in [-0.3, -0.25) is 0 Å². The Hall–Kier alpha value is -2.91. The number of rotatable bonds is 4. The number of ether oxygens (including phenoxy) is 2. The summed E-state index contributed by atoms with van der Waals surface area (Å²) in [5, 5.41) is 12.1. The van der Waals surface area contributed by atoms with Gasteiger partial charge in [0.25, 0.3) is 0 Å². The van der Waals surface area contributed by atoms with Crippen LogP contribution in [0.2, 0.25) is 5.02 Å². The number of amides is 2. The van der Waals surface area contributed by atoms with Gasteiger partial charge in [-0.2, -0.15) is 5.26 Å². The van der Waals surface area contributed by atoms with Crippen LogP contribution in [-0.4, -0.2) is 31.7 Å². The van der Waals surface area contributed by atoms with Crippen LogP contribution in [0.4, 0.5) is 10.5 Å². The second-order valence-electron chi connectivity index (χ2n) is 6.20. The van der Waals surface area contributed by atoms with Crippen molar-refractivity contribution in [2.24, 2.45) is 0 Å². The van der Waals surface area contributed by atoms with Crippen molar-refractivity contribution in [3.05, 3.63) is 52.5 Å². The fraction of sp³-hybridized carbons (Fsp3) is 0.300. The van der Waals surface area contributed by atoms with Crippen molar-refractivity contribution in [3.8, 4) is 17.6 Å². The molecule has 7 heteroatoms. The number of nitrogens with zero attached hydrogens (tertiary/aromatic N) is 2. The van der Waals surface area contributed by atoms with Gasteiger partial charge < -0.3 is 19.7 Å². The molecule has 0 radical (unpaired) electrons. The number of urea groups is 1. The molecule has 1 saturated heterocycles. The number of methoxy groups -OCH3 is 2. The highest BCUT2D eigenvalue weighted by Gasteiger charge is 2.32. The molecular weight excluding hydrogens is 366 g/mol. The first-order chi connectivity index (χ1) is 13.1. The number of anilines is 1. The Kier molecular flexibility index (Phi) is 5.72. The van der Waals surface area contributed by atoms with E-state index in [2.05, 4.69) is 5.32 Å². The number of nitriles is 1. The number of hydrogen-bond donors (Lipinski definition) is 1. The van der Waals surface area contributed by atoms with E-state index in [-0.39, 0.29) is 12.1 Å². The normalized spacial score (nSPS) is 15.9. The number of nitrogens with one attached hydrogen (secondary N) is 1. The zero-order valence-electron chi connectivity index (χ0n) is 15.2. The predicted molar refractivity (Wildman–Crippen MR) is 103 cm³/mol. The highest BCUT2D eigenvalue weighted by molar-refractivity contribution is 6.32. The molecule has 0 saturated carbocycles. The van der Waals surface area contributed by atoms with Crippen molar-refractivity contribution in [1.82, 2.24) is 4.90 Å². The van der Waals surface area contributed by atoms with E-state index < -0.39 is 0 Å². The van der Waals surface area contributed by atoms with Gasteiger partial charge in [-0.25, -0.2) is 4.79 Å². The molecule has 0 aromatic heterocycles. The van der Waals surface area contributed by atoms with Crippen molar-refractivity contribution in [2.45, 2.75) is 18.9 Å². The first-order valence-corrected chi connectivity index (χ1v) is 8.94. The van der Waals surface area contributed by atoms with Crippen LogP contribution in [0.25, 0.3) is 0 Å². The summed E-state index contributed by atoms with van der Waals surface area (Å²) in [5.74, 6) is 1.40. The van der Waals surface area contributed by atoms with Gasteiger partial charge in [0.15, 0.2) is 0 Å². The lowest BCUT2D eigenvalue weighted by atomic mass is 10.0. The predicted octanol–water partition coefficient (Wildman–Crippen LogP) is 4.60. The maximum Gasteiger partial charge on any atom is 0.322 e. The highest BCUT2D eigenvalue weighted by atomic mass is 35.5. The van der Waals surface area contributed by atoms with E-state index in [0.29, 0.717) is 34.3 Å². The van der Waals surface area contributed by atoms with Crippen molar-refractivity contribution in [2.75, 3.05) is 26.1 Å². The van der Waals surface area contributed by atoms with Crippen LogP contribution >= 0.6 is 11.6 Å². The molecule has 1 N–H and O–H groups in total. The van der Waals surface area contributed by atoms with E-state index in [1.54, 1.807) is 37.3 Å². The summed E-state index contributed by atoms with van der Waals surface area (Å²) in [4.78, 5) is 14.6.